The Morgan fingerprint density at radius 1 is 0.386 bits per heavy atom. The van der Waals surface area contributed by atoms with E-state index in [2.05, 4.69) is 127 Å². The maximum atomic E-state index is 6.64. The van der Waals surface area contributed by atoms with Gasteiger partial charge in [0.25, 0.3) is 0 Å². The highest BCUT2D eigenvalue weighted by Crippen LogP contribution is 2.43. The van der Waals surface area contributed by atoms with Crippen LogP contribution in [-0.4, -0.2) is 15.0 Å². The molecule has 0 aliphatic carbocycles. The van der Waals surface area contributed by atoms with E-state index in [0.717, 1.165) is 61.1 Å². The van der Waals surface area contributed by atoms with Crippen molar-refractivity contribution in [2.45, 2.75) is 0 Å². The second kappa shape index (κ2) is 13.7. The van der Waals surface area contributed by atoms with Crippen LogP contribution in [0.3, 0.4) is 0 Å². The van der Waals surface area contributed by atoms with E-state index in [0.29, 0.717) is 17.5 Å². The molecule has 11 aromatic rings. The minimum atomic E-state index is 0.568. The van der Waals surface area contributed by atoms with Crippen LogP contribution in [0, 0.1) is 0 Å². The number of nitrogens with one attached hydrogen (secondary N) is 1. The molecular weight excluding hydrogens is 717 g/mol. The van der Waals surface area contributed by atoms with E-state index < -0.39 is 0 Å². The molecule has 8 aromatic carbocycles. The smallest absolute Gasteiger partial charge is 0.167 e. The number of benzene rings is 8. The molecule has 0 spiro atoms. The zero-order valence-corrected chi connectivity index (χ0v) is 31.4. The van der Waals surface area contributed by atoms with Crippen LogP contribution in [0.1, 0.15) is 0 Å². The highest BCUT2D eigenvalue weighted by Gasteiger charge is 2.19. The maximum absolute atomic E-state index is 6.64. The first-order valence-corrected chi connectivity index (χ1v) is 19.7. The summed E-state index contributed by atoms with van der Waals surface area (Å²) in [7, 11) is 0. The highest BCUT2D eigenvalue weighted by molar-refractivity contribution is 7.26. The fraction of sp³-hybridized carbons (Fsp3) is 0. The van der Waals surface area contributed by atoms with Gasteiger partial charge in [0.05, 0.1) is 5.56 Å². The summed E-state index contributed by atoms with van der Waals surface area (Å²) in [4.78, 5) is 14.9. The van der Waals surface area contributed by atoms with E-state index in [1.165, 1.54) is 31.3 Å². The second-order valence-corrected chi connectivity index (χ2v) is 15.1. The van der Waals surface area contributed by atoms with Gasteiger partial charge in [-0.3, -0.25) is 0 Å². The monoisotopic (exact) mass is 748 g/mol. The van der Waals surface area contributed by atoms with Crippen molar-refractivity contribution in [2.24, 2.45) is 0 Å². The lowest BCUT2D eigenvalue weighted by molar-refractivity contribution is 0.669. The first-order valence-electron chi connectivity index (χ1n) is 18.9. The van der Waals surface area contributed by atoms with Crippen LogP contribution >= 0.6 is 11.3 Å². The van der Waals surface area contributed by atoms with Gasteiger partial charge >= 0.3 is 0 Å². The molecule has 1 N–H and O–H groups in total. The topological polar surface area (TPSA) is 63.8 Å². The van der Waals surface area contributed by atoms with E-state index in [-0.39, 0.29) is 0 Å². The first-order chi connectivity index (χ1) is 28.2. The Morgan fingerprint density at radius 2 is 0.965 bits per heavy atom. The van der Waals surface area contributed by atoms with Gasteiger partial charge in [-0.1, -0.05) is 140 Å². The van der Waals surface area contributed by atoms with Crippen molar-refractivity contribution in [3.63, 3.8) is 0 Å². The standard InChI is InChI=1S/C51H32N4OS/c1-4-14-32(15-5-1)37-20-10-11-23-42(37)52-43-24-13-25-46-47(43)41-31-36(27-29-45(41)57-46)35-26-28-44-40(30-35)38-21-12-22-39(48(38)56-44)51-54-49(33-16-6-2-7-17-33)53-50(55-51)34-18-8-3-9-19-34/h1-31,52H. The molecule has 3 heterocycles. The third-order valence-corrected chi connectivity index (χ3v) is 11.7. The minimum absolute atomic E-state index is 0.568. The zero-order valence-electron chi connectivity index (χ0n) is 30.6. The third-order valence-electron chi connectivity index (χ3n) is 10.5. The van der Waals surface area contributed by atoms with Crippen LogP contribution in [-0.2, 0) is 0 Å². The fourth-order valence-corrected chi connectivity index (χ4v) is 8.91. The number of furan rings is 1. The van der Waals surface area contributed by atoms with Crippen molar-refractivity contribution >= 4 is 64.8 Å². The summed E-state index contributed by atoms with van der Waals surface area (Å²) in [5, 5.41) is 8.32. The van der Waals surface area contributed by atoms with Crippen LogP contribution in [0.5, 0.6) is 0 Å². The lowest BCUT2D eigenvalue weighted by Gasteiger charge is -2.14. The molecule has 57 heavy (non-hydrogen) atoms. The molecule has 268 valence electrons. The van der Waals surface area contributed by atoms with Crippen molar-refractivity contribution in [3.05, 3.63) is 188 Å². The third kappa shape index (κ3) is 5.91. The molecule has 6 heteroatoms. The van der Waals surface area contributed by atoms with E-state index in [4.69, 9.17) is 19.4 Å². The molecule has 0 aliphatic rings. The Bertz CT molecular complexity index is 3210. The van der Waals surface area contributed by atoms with Crippen LogP contribution in [0.15, 0.2) is 192 Å². The van der Waals surface area contributed by atoms with Gasteiger partial charge in [-0.05, 0) is 65.2 Å². The molecular formula is C51H32N4OS. The predicted octanol–water partition coefficient (Wildman–Crippen LogP) is 14.2. The molecule has 0 amide bonds. The molecule has 0 saturated heterocycles. The van der Waals surface area contributed by atoms with Gasteiger partial charge in [0.1, 0.15) is 11.2 Å². The maximum Gasteiger partial charge on any atom is 0.167 e. The Balaban J connectivity index is 1.01. The van der Waals surface area contributed by atoms with Crippen molar-refractivity contribution in [2.75, 3.05) is 5.32 Å². The van der Waals surface area contributed by atoms with Crippen molar-refractivity contribution in [1.82, 2.24) is 15.0 Å². The molecule has 0 fully saturated rings. The summed E-state index contributed by atoms with van der Waals surface area (Å²) in [5.74, 6) is 1.80. The zero-order chi connectivity index (χ0) is 37.7. The van der Waals surface area contributed by atoms with Crippen LogP contribution in [0.2, 0.25) is 0 Å². The Kier molecular flexibility index (Phi) is 7.93. The fourth-order valence-electron chi connectivity index (χ4n) is 7.80. The quantitative estimate of drug-likeness (QED) is 0.176. The second-order valence-electron chi connectivity index (χ2n) is 14.1. The summed E-state index contributed by atoms with van der Waals surface area (Å²) in [6.07, 6.45) is 0. The average molecular weight is 749 g/mol. The molecule has 3 aromatic heterocycles. The molecule has 0 unspecified atom stereocenters. The molecule has 0 bridgehead atoms. The number of fused-ring (bicyclic) bond motifs is 6. The molecule has 0 atom stereocenters. The first kappa shape index (κ1) is 33.0. The van der Waals surface area contributed by atoms with Gasteiger partial charge in [0.2, 0.25) is 0 Å². The summed E-state index contributed by atoms with van der Waals surface area (Å²) >= 11 is 1.82. The summed E-state index contributed by atoms with van der Waals surface area (Å²) in [6, 6.07) is 65.2. The van der Waals surface area contributed by atoms with Gasteiger partial charge in [0, 0.05) is 59.0 Å². The van der Waals surface area contributed by atoms with Gasteiger partial charge in [-0.25, -0.2) is 15.0 Å². The number of para-hydroxylation sites is 2. The van der Waals surface area contributed by atoms with Gasteiger partial charge in [-0.2, -0.15) is 0 Å². The number of rotatable bonds is 7. The van der Waals surface area contributed by atoms with Crippen LogP contribution in [0.4, 0.5) is 11.4 Å². The van der Waals surface area contributed by atoms with Crippen LogP contribution < -0.4 is 5.32 Å². The molecule has 5 nitrogen and oxygen atoms in total. The van der Waals surface area contributed by atoms with E-state index >= 15 is 0 Å². The molecule has 0 radical (unpaired) electrons. The summed E-state index contributed by atoms with van der Waals surface area (Å²) < 4.78 is 9.14. The number of hydrogen-bond acceptors (Lipinski definition) is 6. The summed E-state index contributed by atoms with van der Waals surface area (Å²) in [5.41, 5.74) is 11.0. The van der Waals surface area contributed by atoms with E-state index in [9.17, 15) is 0 Å². The average Bonchev–Trinajstić information content (AvgIpc) is 3.86. The summed E-state index contributed by atoms with van der Waals surface area (Å²) in [6.45, 7) is 0. The number of hydrogen-bond donors (Lipinski definition) is 1. The Morgan fingerprint density at radius 3 is 1.70 bits per heavy atom. The Hall–Kier alpha value is -7.41. The van der Waals surface area contributed by atoms with E-state index in [1.54, 1.807) is 0 Å². The molecule has 0 saturated carbocycles. The lowest BCUT2D eigenvalue weighted by atomic mass is 9.99. The minimum Gasteiger partial charge on any atom is -0.455 e. The largest absolute Gasteiger partial charge is 0.455 e. The SMILES string of the molecule is c1ccc(-c2nc(-c3ccccc3)nc(-c3cccc4c3oc3ccc(-c5ccc6sc7cccc(Nc8ccccc8-c8ccccc8)c7c6c5)cc34)n2)cc1. The molecule has 11 rings (SSSR count). The van der Waals surface area contributed by atoms with Gasteiger partial charge in [-0.15, -0.1) is 11.3 Å². The lowest BCUT2D eigenvalue weighted by Crippen LogP contribution is -2.00. The van der Waals surface area contributed by atoms with Gasteiger partial charge in [0.15, 0.2) is 17.5 Å². The van der Waals surface area contributed by atoms with Gasteiger partial charge < -0.3 is 9.73 Å². The van der Waals surface area contributed by atoms with Crippen molar-refractivity contribution in [1.29, 1.82) is 0 Å². The predicted molar refractivity (Wildman–Crippen MR) is 237 cm³/mol. The number of nitrogens with zero attached hydrogens (tertiary/aromatic N) is 3. The van der Waals surface area contributed by atoms with E-state index in [1.807, 2.05) is 78.1 Å². The Labute approximate surface area is 332 Å². The van der Waals surface area contributed by atoms with Crippen molar-refractivity contribution < 1.29 is 4.42 Å². The molecule has 0 aliphatic heterocycles. The highest BCUT2D eigenvalue weighted by atomic mass is 32.1. The normalized spacial score (nSPS) is 11.5. The van der Waals surface area contributed by atoms with Crippen LogP contribution in [0.25, 0.3) is 98.5 Å². The number of anilines is 2. The number of aromatic nitrogens is 3. The van der Waals surface area contributed by atoms with Crippen molar-refractivity contribution in [3.8, 4) is 56.4 Å². The number of thiophene rings is 1.